The van der Waals surface area contributed by atoms with Crippen LogP contribution in [0.3, 0.4) is 0 Å². The molecule has 1 aromatic rings. The lowest BCUT2D eigenvalue weighted by atomic mass is 10.1. The maximum atomic E-state index is 13.0. The van der Waals surface area contributed by atoms with Crippen molar-refractivity contribution >= 4 is 17.6 Å². The van der Waals surface area contributed by atoms with Crippen LogP contribution < -0.4 is 0 Å². The number of rotatable bonds is 2. The van der Waals surface area contributed by atoms with Gasteiger partial charge in [-0.05, 0) is 19.1 Å². The molecule has 0 saturated heterocycles. The molecule has 17 heavy (non-hydrogen) atoms. The summed E-state index contributed by atoms with van der Waals surface area (Å²) in [6, 6.07) is 1.00. The SMILES string of the molecule is CCOC(=O)c1c(C(F)(F)F)ccc(F)c1Cl. The smallest absolute Gasteiger partial charge is 0.417 e. The van der Waals surface area contributed by atoms with E-state index in [1.54, 1.807) is 0 Å². The monoisotopic (exact) mass is 270 g/mol. The molecule has 94 valence electrons. The Morgan fingerprint density at radius 2 is 2.00 bits per heavy atom. The zero-order valence-corrected chi connectivity index (χ0v) is 9.32. The van der Waals surface area contributed by atoms with Crippen LogP contribution in [0.15, 0.2) is 12.1 Å². The second-order valence-electron chi connectivity index (χ2n) is 3.00. The number of benzene rings is 1. The summed E-state index contributed by atoms with van der Waals surface area (Å²) in [7, 11) is 0. The minimum absolute atomic E-state index is 0.136. The largest absolute Gasteiger partial charge is 0.462 e. The van der Waals surface area contributed by atoms with Crippen LogP contribution >= 0.6 is 11.6 Å². The van der Waals surface area contributed by atoms with Gasteiger partial charge in [-0.1, -0.05) is 11.6 Å². The third-order valence-electron chi connectivity index (χ3n) is 1.88. The maximum absolute atomic E-state index is 13.0. The van der Waals surface area contributed by atoms with Gasteiger partial charge >= 0.3 is 12.1 Å². The van der Waals surface area contributed by atoms with Crippen LogP contribution in [0.1, 0.15) is 22.8 Å². The number of esters is 1. The van der Waals surface area contributed by atoms with Crippen LogP contribution in [0.5, 0.6) is 0 Å². The van der Waals surface area contributed by atoms with Crippen molar-refractivity contribution in [3.63, 3.8) is 0 Å². The fourth-order valence-corrected chi connectivity index (χ4v) is 1.43. The lowest BCUT2D eigenvalue weighted by Gasteiger charge is -2.13. The minimum atomic E-state index is -4.81. The van der Waals surface area contributed by atoms with Gasteiger partial charge in [0.2, 0.25) is 0 Å². The first-order chi connectivity index (χ1) is 7.79. The van der Waals surface area contributed by atoms with Crippen molar-refractivity contribution in [1.82, 2.24) is 0 Å². The van der Waals surface area contributed by atoms with Crippen LogP contribution in [0.2, 0.25) is 5.02 Å². The normalized spacial score (nSPS) is 11.4. The number of carbonyl (C=O) groups excluding carboxylic acids is 1. The Bertz CT molecular complexity index is 443. The molecule has 0 aliphatic carbocycles. The molecule has 1 rings (SSSR count). The zero-order valence-electron chi connectivity index (χ0n) is 8.57. The molecule has 0 saturated carbocycles. The van der Waals surface area contributed by atoms with E-state index in [1.807, 2.05) is 0 Å². The van der Waals surface area contributed by atoms with Crippen LogP contribution in [0, 0.1) is 5.82 Å². The van der Waals surface area contributed by atoms with Crippen LogP contribution in [-0.4, -0.2) is 12.6 Å². The van der Waals surface area contributed by atoms with E-state index in [0.717, 1.165) is 0 Å². The van der Waals surface area contributed by atoms with Crippen molar-refractivity contribution in [3.05, 3.63) is 34.1 Å². The number of hydrogen-bond acceptors (Lipinski definition) is 2. The molecule has 0 aromatic heterocycles. The molecule has 0 unspecified atom stereocenters. The molecule has 7 heteroatoms. The van der Waals surface area contributed by atoms with E-state index in [-0.39, 0.29) is 6.61 Å². The summed E-state index contributed by atoms with van der Waals surface area (Å²) < 4.78 is 55.2. The predicted molar refractivity (Wildman–Crippen MR) is 52.4 cm³/mol. The van der Waals surface area contributed by atoms with Gasteiger partial charge in [-0.2, -0.15) is 13.2 Å². The molecule has 0 aliphatic heterocycles. The Kier molecular flexibility index (Phi) is 3.98. The molecular formula is C10H7ClF4O2. The number of alkyl halides is 3. The predicted octanol–water partition coefficient (Wildman–Crippen LogP) is 3.67. The average Bonchev–Trinajstić information content (AvgIpc) is 2.20. The molecule has 0 N–H and O–H groups in total. The topological polar surface area (TPSA) is 26.3 Å². The van der Waals surface area contributed by atoms with Gasteiger partial charge in [-0.3, -0.25) is 0 Å². The Labute approximate surface area is 99.1 Å². The Morgan fingerprint density at radius 3 is 2.47 bits per heavy atom. The number of halogens is 5. The van der Waals surface area contributed by atoms with Crippen LogP contribution in [-0.2, 0) is 10.9 Å². The molecule has 0 atom stereocenters. The second kappa shape index (κ2) is 4.91. The summed E-state index contributed by atoms with van der Waals surface area (Å²) in [6.07, 6.45) is -4.81. The Morgan fingerprint density at radius 1 is 1.41 bits per heavy atom. The summed E-state index contributed by atoms with van der Waals surface area (Å²) in [6.45, 7) is 1.28. The third-order valence-corrected chi connectivity index (χ3v) is 2.25. The Balaban J connectivity index is 3.42. The van der Waals surface area contributed by atoms with E-state index in [2.05, 4.69) is 4.74 Å². The summed E-state index contributed by atoms with van der Waals surface area (Å²) >= 11 is 5.36. The molecule has 0 fully saturated rings. The van der Waals surface area contributed by atoms with Gasteiger partial charge < -0.3 is 4.74 Å². The first-order valence-corrected chi connectivity index (χ1v) is 4.89. The van der Waals surface area contributed by atoms with E-state index >= 15 is 0 Å². The van der Waals surface area contributed by atoms with Crippen LogP contribution in [0.25, 0.3) is 0 Å². The highest BCUT2D eigenvalue weighted by atomic mass is 35.5. The number of hydrogen-bond donors (Lipinski definition) is 0. The van der Waals surface area contributed by atoms with Gasteiger partial charge in [-0.25, -0.2) is 9.18 Å². The van der Waals surface area contributed by atoms with Gasteiger partial charge in [-0.15, -0.1) is 0 Å². The summed E-state index contributed by atoms with van der Waals surface area (Å²) in [5.41, 5.74) is -2.32. The fraction of sp³-hybridized carbons (Fsp3) is 0.300. The quantitative estimate of drug-likeness (QED) is 0.605. The van der Waals surface area contributed by atoms with Gasteiger partial charge in [0.25, 0.3) is 0 Å². The highest BCUT2D eigenvalue weighted by molar-refractivity contribution is 6.34. The summed E-state index contributed by atoms with van der Waals surface area (Å²) in [5.74, 6) is -2.41. The standard InChI is InChI=1S/C10H7ClF4O2/c1-2-17-9(16)7-5(10(13,14)15)3-4-6(12)8(7)11/h3-4H,2H2,1H3. The lowest BCUT2D eigenvalue weighted by molar-refractivity contribution is -0.138. The molecule has 0 heterocycles. The van der Waals surface area contributed by atoms with E-state index < -0.39 is 34.1 Å². The van der Waals surface area contributed by atoms with Gasteiger partial charge in [0.05, 0.1) is 22.8 Å². The maximum Gasteiger partial charge on any atom is 0.417 e. The second-order valence-corrected chi connectivity index (χ2v) is 3.38. The molecule has 0 amide bonds. The van der Waals surface area contributed by atoms with Crippen molar-refractivity contribution in [3.8, 4) is 0 Å². The van der Waals surface area contributed by atoms with Crippen molar-refractivity contribution in [2.45, 2.75) is 13.1 Å². The molecule has 0 bridgehead atoms. The third kappa shape index (κ3) is 2.88. The van der Waals surface area contributed by atoms with E-state index in [1.165, 1.54) is 6.92 Å². The molecule has 1 aromatic carbocycles. The van der Waals surface area contributed by atoms with Crippen molar-refractivity contribution < 1.29 is 27.1 Å². The molecular weight excluding hydrogens is 264 g/mol. The summed E-state index contributed by atoms with van der Waals surface area (Å²) in [4.78, 5) is 11.3. The molecule has 0 aliphatic rings. The van der Waals surface area contributed by atoms with Gasteiger partial charge in [0.15, 0.2) is 0 Å². The zero-order chi connectivity index (χ0) is 13.2. The van der Waals surface area contributed by atoms with E-state index in [4.69, 9.17) is 11.6 Å². The average molecular weight is 271 g/mol. The van der Waals surface area contributed by atoms with Crippen molar-refractivity contribution in [2.24, 2.45) is 0 Å². The number of ether oxygens (including phenoxy) is 1. The van der Waals surface area contributed by atoms with E-state index in [9.17, 15) is 22.4 Å². The molecule has 2 nitrogen and oxygen atoms in total. The van der Waals surface area contributed by atoms with Crippen molar-refractivity contribution in [1.29, 1.82) is 0 Å². The van der Waals surface area contributed by atoms with Gasteiger partial charge in [0.1, 0.15) is 5.82 Å². The fourth-order valence-electron chi connectivity index (χ4n) is 1.19. The number of carbonyl (C=O) groups is 1. The lowest BCUT2D eigenvalue weighted by Crippen LogP contribution is -2.16. The summed E-state index contributed by atoms with van der Waals surface area (Å²) in [5, 5.41) is -0.890. The Hall–Kier alpha value is -1.30. The van der Waals surface area contributed by atoms with Crippen molar-refractivity contribution in [2.75, 3.05) is 6.61 Å². The van der Waals surface area contributed by atoms with E-state index in [0.29, 0.717) is 12.1 Å². The molecule has 0 radical (unpaired) electrons. The van der Waals surface area contributed by atoms with Gasteiger partial charge in [0, 0.05) is 0 Å². The highest BCUT2D eigenvalue weighted by Gasteiger charge is 2.37. The highest BCUT2D eigenvalue weighted by Crippen LogP contribution is 2.36. The van der Waals surface area contributed by atoms with Crippen LogP contribution in [0.4, 0.5) is 17.6 Å². The molecule has 0 spiro atoms. The minimum Gasteiger partial charge on any atom is -0.462 e. The first kappa shape index (κ1) is 13.8. The first-order valence-electron chi connectivity index (χ1n) is 4.51.